The average molecular weight is 315 g/mol. The smallest absolute Gasteiger partial charge is 0.387 e. The van der Waals surface area contributed by atoms with Crippen LogP contribution in [-0.2, 0) is 6.54 Å². The van der Waals surface area contributed by atoms with Crippen LogP contribution in [0.25, 0.3) is 0 Å². The highest BCUT2D eigenvalue weighted by Crippen LogP contribution is 2.28. The summed E-state index contributed by atoms with van der Waals surface area (Å²) in [6, 6.07) is 8.79. The number of benzene rings is 1. The predicted octanol–water partition coefficient (Wildman–Crippen LogP) is 3.96. The van der Waals surface area contributed by atoms with Crippen LogP contribution in [0.1, 0.15) is 5.56 Å². The topological polar surface area (TPSA) is 43.4 Å². The van der Waals surface area contributed by atoms with Crippen molar-refractivity contribution in [3.63, 3.8) is 0 Å². The van der Waals surface area contributed by atoms with E-state index in [4.69, 9.17) is 16.3 Å². The van der Waals surface area contributed by atoms with Gasteiger partial charge in [0.25, 0.3) is 0 Å². The molecule has 2 aromatic rings. The lowest BCUT2D eigenvalue weighted by Gasteiger charge is -2.12. The molecule has 0 amide bonds. The van der Waals surface area contributed by atoms with Crippen LogP contribution in [0.3, 0.4) is 0 Å². The van der Waals surface area contributed by atoms with Crippen molar-refractivity contribution in [2.24, 2.45) is 0 Å². The minimum atomic E-state index is -2.92. The lowest BCUT2D eigenvalue weighted by molar-refractivity contribution is -0.0495. The van der Waals surface area contributed by atoms with E-state index in [0.717, 1.165) is 17.5 Å². The molecule has 21 heavy (non-hydrogen) atoms. The molecule has 0 saturated heterocycles. The Labute approximate surface area is 125 Å². The summed E-state index contributed by atoms with van der Waals surface area (Å²) in [4.78, 5) is 3.72. The zero-order chi connectivity index (χ0) is 15.2. The maximum absolute atomic E-state index is 12.3. The van der Waals surface area contributed by atoms with E-state index < -0.39 is 6.61 Å². The van der Waals surface area contributed by atoms with Gasteiger partial charge < -0.3 is 14.8 Å². The number of rotatable bonds is 6. The molecule has 0 atom stereocenters. The Hall–Kier alpha value is -2.08. The molecule has 0 bridgehead atoms. The minimum absolute atomic E-state index is 0.0529. The lowest BCUT2D eigenvalue weighted by atomic mass is 10.2. The number of halogens is 3. The molecular weight excluding hydrogens is 302 g/mol. The van der Waals surface area contributed by atoms with E-state index in [0.29, 0.717) is 12.2 Å². The summed E-state index contributed by atoms with van der Waals surface area (Å²) < 4.78 is 34.1. The van der Waals surface area contributed by atoms with Crippen LogP contribution in [0.5, 0.6) is 11.5 Å². The Morgan fingerprint density at radius 3 is 2.62 bits per heavy atom. The molecule has 0 aliphatic heterocycles. The van der Waals surface area contributed by atoms with Gasteiger partial charge in [-0.2, -0.15) is 8.78 Å². The van der Waals surface area contributed by atoms with Crippen LogP contribution in [0.15, 0.2) is 36.5 Å². The number of pyridine rings is 1. The van der Waals surface area contributed by atoms with Crippen LogP contribution in [0, 0.1) is 0 Å². The highest BCUT2D eigenvalue weighted by molar-refractivity contribution is 6.29. The van der Waals surface area contributed by atoms with Gasteiger partial charge in [-0.3, -0.25) is 0 Å². The van der Waals surface area contributed by atoms with E-state index in [1.54, 1.807) is 7.11 Å². The Bertz CT molecular complexity index is 594. The first kappa shape index (κ1) is 15.3. The number of methoxy groups -OCH3 is 1. The van der Waals surface area contributed by atoms with Crippen LogP contribution in [0.4, 0.5) is 14.5 Å². The van der Waals surface area contributed by atoms with Crippen molar-refractivity contribution in [3.8, 4) is 11.5 Å². The van der Waals surface area contributed by atoms with E-state index >= 15 is 0 Å². The number of ether oxygens (including phenoxy) is 2. The molecule has 2 rings (SSSR count). The fourth-order valence-corrected chi connectivity index (χ4v) is 1.84. The fourth-order valence-electron chi connectivity index (χ4n) is 1.69. The predicted molar refractivity (Wildman–Crippen MR) is 76.2 cm³/mol. The van der Waals surface area contributed by atoms with Crippen molar-refractivity contribution in [2.45, 2.75) is 13.2 Å². The van der Waals surface area contributed by atoms with E-state index in [2.05, 4.69) is 15.0 Å². The molecule has 0 saturated carbocycles. The molecule has 112 valence electrons. The van der Waals surface area contributed by atoms with Crippen LogP contribution in [0.2, 0.25) is 5.15 Å². The van der Waals surface area contributed by atoms with Gasteiger partial charge in [0.1, 0.15) is 10.9 Å². The molecule has 1 N–H and O–H groups in total. The van der Waals surface area contributed by atoms with Gasteiger partial charge in [-0.25, -0.2) is 4.98 Å². The molecule has 0 radical (unpaired) electrons. The first-order valence-corrected chi connectivity index (χ1v) is 6.43. The normalized spacial score (nSPS) is 10.5. The molecule has 1 aromatic heterocycles. The van der Waals surface area contributed by atoms with Gasteiger partial charge in [-0.05, 0) is 17.7 Å². The quantitative estimate of drug-likeness (QED) is 0.820. The van der Waals surface area contributed by atoms with Crippen LogP contribution >= 0.6 is 11.6 Å². The molecular formula is C14H13ClF2N2O2. The van der Waals surface area contributed by atoms with Crippen LogP contribution < -0.4 is 14.8 Å². The molecule has 4 nitrogen and oxygen atoms in total. The molecule has 0 aliphatic rings. The lowest BCUT2D eigenvalue weighted by Crippen LogP contribution is -2.07. The summed E-state index contributed by atoms with van der Waals surface area (Å²) in [5, 5.41) is 3.18. The number of alkyl halides is 2. The van der Waals surface area contributed by atoms with E-state index in [1.165, 1.54) is 6.07 Å². The zero-order valence-electron chi connectivity index (χ0n) is 11.1. The monoisotopic (exact) mass is 314 g/mol. The first-order chi connectivity index (χ1) is 10.1. The summed E-state index contributed by atoms with van der Waals surface area (Å²) >= 11 is 5.76. The van der Waals surface area contributed by atoms with Gasteiger partial charge in [-0.15, -0.1) is 0 Å². The van der Waals surface area contributed by atoms with Crippen molar-refractivity contribution >= 4 is 17.3 Å². The van der Waals surface area contributed by atoms with Gasteiger partial charge in [0.05, 0.1) is 19.0 Å². The summed E-state index contributed by atoms with van der Waals surface area (Å²) in [6.45, 7) is -2.50. The second kappa shape index (κ2) is 7.08. The summed E-state index contributed by atoms with van der Waals surface area (Å²) in [5.74, 6) is 0.690. The van der Waals surface area contributed by atoms with E-state index in [9.17, 15) is 8.78 Å². The average Bonchev–Trinajstić information content (AvgIpc) is 2.47. The number of hydrogen-bond acceptors (Lipinski definition) is 4. The highest BCUT2D eigenvalue weighted by Gasteiger charge is 2.11. The third kappa shape index (κ3) is 4.46. The maximum atomic E-state index is 12.3. The summed E-state index contributed by atoms with van der Waals surface area (Å²) in [7, 11) is 1.58. The number of nitrogens with zero attached hydrogens (tertiary/aromatic N) is 1. The first-order valence-electron chi connectivity index (χ1n) is 6.05. The molecule has 1 heterocycles. The summed E-state index contributed by atoms with van der Waals surface area (Å²) in [5.41, 5.74) is 1.30. The SMILES string of the molecule is COc1ccc(CNc2cc(Cl)ncc2OC(F)F)cc1. The van der Waals surface area contributed by atoms with E-state index in [1.807, 2.05) is 24.3 Å². The highest BCUT2D eigenvalue weighted by atomic mass is 35.5. The third-order valence-electron chi connectivity index (χ3n) is 2.69. The molecule has 0 unspecified atom stereocenters. The second-order valence-electron chi connectivity index (χ2n) is 4.08. The van der Waals surface area contributed by atoms with Gasteiger partial charge in [0, 0.05) is 12.6 Å². The van der Waals surface area contributed by atoms with Crippen molar-refractivity contribution < 1.29 is 18.3 Å². The van der Waals surface area contributed by atoms with Crippen molar-refractivity contribution in [1.82, 2.24) is 4.98 Å². The third-order valence-corrected chi connectivity index (χ3v) is 2.90. The molecule has 7 heteroatoms. The molecule has 0 spiro atoms. The Balaban J connectivity index is 2.08. The zero-order valence-corrected chi connectivity index (χ0v) is 11.9. The minimum Gasteiger partial charge on any atom is -0.497 e. The van der Waals surface area contributed by atoms with Gasteiger partial charge in [0.2, 0.25) is 0 Å². The maximum Gasteiger partial charge on any atom is 0.387 e. The van der Waals surface area contributed by atoms with Crippen molar-refractivity contribution in [1.29, 1.82) is 0 Å². The summed E-state index contributed by atoms with van der Waals surface area (Å²) in [6.07, 6.45) is 1.16. The second-order valence-corrected chi connectivity index (χ2v) is 4.47. The molecule has 1 aromatic carbocycles. The van der Waals surface area contributed by atoms with Gasteiger partial charge in [-0.1, -0.05) is 23.7 Å². The Morgan fingerprint density at radius 2 is 2.00 bits per heavy atom. The molecule has 0 aliphatic carbocycles. The van der Waals surface area contributed by atoms with Crippen LogP contribution in [-0.4, -0.2) is 18.7 Å². The largest absolute Gasteiger partial charge is 0.497 e. The number of nitrogens with one attached hydrogen (secondary N) is 1. The van der Waals surface area contributed by atoms with Crippen molar-refractivity contribution in [3.05, 3.63) is 47.2 Å². The Kier molecular flexibility index (Phi) is 5.16. The van der Waals surface area contributed by atoms with E-state index in [-0.39, 0.29) is 10.9 Å². The number of aromatic nitrogens is 1. The molecule has 0 fully saturated rings. The fraction of sp³-hybridized carbons (Fsp3) is 0.214. The number of anilines is 1. The van der Waals surface area contributed by atoms with Gasteiger partial charge in [0.15, 0.2) is 5.75 Å². The Morgan fingerprint density at radius 1 is 1.29 bits per heavy atom. The number of hydrogen-bond donors (Lipinski definition) is 1. The standard InChI is InChI=1S/C14H13ClF2N2O2/c1-20-10-4-2-9(3-5-10)7-18-11-6-13(15)19-8-12(11)21-14(16)17/h2-6,8,14H,7H2,1H3,(H,18,19). The van der Waals surface area contributed by atoms with Crippen molar-refractivity contribution in [2.75, 3.05) is 12.4 Å². The van der Waals surface area contributed by atoms with Gasteiger partial charge >= 0.3 is 6.61 Å².